The highest BCUT2D eigenvalue weighted by Crippen LogP contribution is 2.30. The summed E-state index contributed by atoms with van der Waals surface area (Å²) in [4.78, 5) is 16.6. The van der Waals surface area contributed by atoms with E-state index < -0.39 is 0 Å². The van der Waals surface area contributed by atoms with Crippen molar-refractivity contribution in [3.05, 3.63) is 46.5 Å². The number of hydrogen-bond donors (Lipinski definition) is 1. The van der Waals surface area contributed by atoms with Crippen molar-refractivity contribution in [2.75, 3.05) is 5.32 Å². The van der Waals surface area contributed by atoms with Crippen LogP contribution in [0.3, 0.4) is 0 Å². The van der Waals surface area contributed by atoms with Gasteiger partial charge in [0.05, 0.1) is 15.7 Å². The fourth-order valence-electron chi connectivity index (χ4n) is 2.41. The number of imidazole rings is 1. The Morgan fingerprint density at radius 2 is 2.25 bits per heavy atom. The maximum Gasteiger partial charge on any atom is 0.228 e. The van der Waals surface area contributed by atoms with E-state index >= 15 is 0 Å². The van der Waals surface area contributed by atoms with Gasteiger partial charge < -0.3 is 9.88 Å². The fourth-order valence-corrected chi connectivity index (χ4v) is 2.76. The van der Waals surface area contributed by atoms with Crippen molar-refractivity contribution in [1.29, 1.82) is 0 Å². The second kappa shape index (κ2) is 5.46. The zero-order valence-electron chi connectivity index (χ0n) is 10.6. The van der Waals surface area contributed by atoms with Crippen LogP contribution in [-0.2, 0) is 17.8 Å². The summed E-state index contributed by atoms with van der Waals surface area (Å²) in [5, 5.41) is 3.66. The molecular formula is C14H13Cl2N3O. The first-order chi connectivity index (χ1) is 9.65. The van der Waals surface area contributed by atoms with E-state index in [-0.39, 0.29) is 11.8 Å². The van der Waals surface area contributed by atoms with Gasteiger partial charge >= 0.3 is 0 Å². The standard InChI is InChI=1S/C14H13Cl2N3O/c15-10-2-1-3-11(13(10)16)18-14(20)9-4-6-19-7-5-17-12(19)8-9/h1-3,5,7,9H,4,6,8H2,(H,18,20). The van der Waals surface area contributed by atoms with Crippen molar-refractivity contribution < 1.29 is 4.79 Å². The summed E-state index contributed by atoms with van der Waals surface area (Å²) in [6, 6.07) is 5.20. The van der Waals surface area contributed by atoms with Gasteiger partial charge in [-0.3, -0.25) is 4.79 Å². The highest BCUT2D eigenvalue weighted by molar-refractivity contribution is 6.44. The molecule has 1 unspecified atom stereocenters. The smallest absolute Gasteiger partial charge is 0.228 e. The maximum atomic E-state index is 12.3. The number of rotatable bonds is 2. The van der Waals surface area contributed by atoms with Crippen LogP contribution in [0.1, 0.15) is 12.2 Å². The van der Waals surface area contributed by atoms with E-state index in [1.54, 1.807) is 24.4 Å². The van der Waals surface area contributed by atoms with Crippen LogP contribution < -0.4 is 5.32 Å². The quantitative estimate of drug-likeness (QED) is 0.924. The number of carbonyl (C=O) groups excluding carboxylic acids is 1. The van der Waals surface area contributed by atoms with E-state index in [0.29, 0.717) is 22.2 Å². The van der Waals surface area contributed by atoms with E-state index in [1.807, 2.05) is 6.20 Å². The number of carbonyl (C=O) groups is 1. The van der Waals surface area contributed by atoms with Crippen LogP contribution in [-0.4, -0.2) is 15.5 Å². The summed E-state index contributed by atoms with van der Waals surface area (Å²) in [6.07, 6.45) is 5.16. The molecule has 0 aliphatic carbocycles. The van der Waals surface area contributed by atoms with E-state index in [2.05, 4.69) is 14.9 Å². The minimum absolute atomic E-state index is 0.0385. The van der Waals surface area contributed by atoms with Crippen LogP contribution in [0, 0.1) is 5.92 Å². The number of amides is 1. The molecule has 1 aliphatic heterocycles. The molecule has 1 aliphatic rings. The van der Waals surface area contributed by atoms with Crippen molar-refractivity contribution in [3.63, 3.8) is 0 Å². The molecule has 1 aromatic heterocycles. The van der Waals surface area contributed by atoms with Gasteiger partial charge in [0.15, 0.2) is 0 Å². The van der Waals surface area contributed by atoms with Crippen LogP contribution in [0.25, 0.3) is 0 Å². The number of fused-ring (bicyclic) bond motifs is 1. The zero-order valence-corrected chi connectivity index (χ0v) is 12.2. The molecule has 1 N–H and O–H groups in total. The van der Waals surface area contributed by atoms with Gasteiger partial charge in [0.25, 0.3) is 0 Å². The lowest BCUT2D eigenvalue weighted by Gasteiger charge is -2.22. The summed E-state index contributed by atoms with van der Waals surface area (Å²) in [5.41, 5.74) is 0.554. The molecule has 0 fully saturated rings. The molecule has 1 atom stereocenters. The van der Waals surface area contributed by atoms with E-state index in [1.165, 1.54) is 0 Å². The van der Waals surface area contributed by atoms with Crippen LogP contribution in [0.5, 0.6) is 0 Å². The van der Waals surface area contributed by atoms with Gasteiger partial charge in [-0.15, -0.1) is 0 Å². The van der Waals surface area contributed by atoms with E-state index in [9.17, 15) is 4.79 Å². The largest absolute Gasteiger partial charge is 0.335 e. The van der Waals surface area contributed by atoms with Crippen LogP contribution >= 0.6 is 23.2 Å². The van der Waals surface area contributed by atoms with Crippen LogP contribution in [0.15, 0.2) is 30.6 Å². The van der Waals surface area contributed by atoms with E-state index in [4.69, 9.17) is 23.2 Å². The number of halogens is 2. The second-order valence-corrected chi connectivity index (χ2v) is 5.60. The number of nitrogens with zero attached hydrogens (tertiary/aromatic N) is 2. The number of aryl methyl sites for hydroxylation is 1. The number of anilines is 1. The third-order valence-corrected chi connectivity index (χ3v) is 4.35. The molecule has 4 nitrogen and oxygen atoms in total. The highest BCUT2D eigenvalue weighted by atomic mass is 35.5. The SMILES string of the molecule is O=C(Nc1cccc(Cl)c1Cl)C1CCn2ccnc2C1. The van der Waals surface area contributed by atoms with Gasteiger partial charge in [-0.1, -0.05) is 29.3 Å². The Kier molecular flexibility index (Phi) is 3.68. The molecular weight excluding hydrogens is 297 g/mol. The summed E-state index contributed by atoms with van der Waals surface area (Å²) < 4.78 is 2.08. The van der Waals surface area contributed by atoms with Crippen molar-refractivity contribution in [2.45, 2.75) is 19.4 Å². The monoisotopic (exact) mass is 309 g/mol. The first-order valence-electron chi connectivity index (χ1n) is 6.40. The van der Waals surface area contributed by atoms with Crippen molar-refractivity contribution >= 4 is 34.8 Å². The van der Waals surface area contributed by atoms with Gasteiger partial charge in [0, 0.05) is 31.3 Å². The van der Waals surface area contributed by atoms with Crippen molar-refractivity contribution in [2.24, 2.45) is 5.92 Å². The first kappa shape index (κ1) is 13.5. The van der Waals surface area contributed by atoms with Gasteiger partial charge in [0.1, 0.15) is 5.82 Å². The fraction of sp³-hybridized carbons (Fsp3) is 0.286. The predicted molar refractivity (Wildman–Crippen MR) is 79.1 cm³/mol. The molecule has 0 saturated heterocycles. The Labute approximate surface area is 126 Å². The Balaban J connectivity index is 1.73. The minimum Gasteiger partial charge on any atom is -0.335 e. The average molecular weight is 310 g/mol. The summed E-state index contributed by atoms with van der Waals surface area (Å²) in [6.45, 7) is 0.816. The summed E-state index contributed by atoms with van der Waals surface area (Å²) >= 11 is 12.0. The molecule has 2 heterocycles. The number of aromatic nitrogens is 2. The first-order valence-corrected chi connectivity index (χ1v) is 7.15. The predicted octanol–water partition coefficient (Wildman–Crippen LogP) is 3.39. The Morgan fingerprint density at radius 3 is 3.10 bits per heavy atom. The van der Waals surface area contributed by atoms with Gasteiger partial charge in [0.2, 0.25) is 5.91 Å². The topological polar surface area (TPSA) is 46.9 Å². The van der Waals surface area contributed by atoms with Gasteiger partial charge in [-0.25, -0.2) is 4.98 Å². The lowest BCUT2D eigenvalue weighted by Crippen LogP contribution is -2.30. The van der Waals surface area contributed by atoms with Crippen LogP contribution in [0.4, 0.5) is 5.69 Å². The maximum absolute atomic E-state index is 12.3. The van der Waals surface area contributed by atoms with Gasteiger partial charge in [-0.05, 0) is 18.6 Å². The normalized spacial score (nSPS) is 17.6. The molecule has 0 spiro atoms. The summed E-state index contributed by atoms with van der Waals surface area (Å²) in [5.74, 6) is 0.831. The molecule has 1 amide bonds. The molecule has 20 heavy (non-hydrogen) atoms. The Hall–Kier alpha value is -1.52. The molecule has 104 valence electrons. The second-order valence-electron chi connectivity index (χ2n) is 4.82. The molecule has 0 saturated carbocycles. The van der Waals surface area contributed by atoms with Gasteiger partial charge in [-0.2, -0.15) is 0 Å². The molecule has 0 radical (unpaired) electrons. The Bertz CT molecular complexity index is 654. The number of nitrogens with one attached hydrogen (secondary N) is 1. The number of benzene rings is 1. The van der Waals surface area contributed by atoms with Crippen molar-refractivity contribution in [1.82, 2.24) is 9.55 Å². The van der Waals surface area contributed by atoms with E-state index in [0.717, 1.165) is 18.8 Å². The zero-order chi connectivity index (χ0) is 14.1. The molecule has 1 aromatic carbocycles. The summed E-state index contributed by atoms with van der Waals surface area (Å²) in [7, 11) is 0. The highest BCUT2D eigenvalue weighted by Gasteiger charge is 2.25. The lowest BCUT2D eigenvalue weighted by atomic mass is 9.97. The average Bonchev–Trinajstić information content (AvgIpc) is 2.91. The molecule has 3 rings (SSSR count). The lowest BCUT2D eigenvalue weighted by molar-refractivity contribution is -0.120. The minimum atomic E-state index is -0.0834. The van der Waals surface area contributed by atoms with Crippen molar-refractivity contribution in [3.8, 4) is 0 Å². The third-order valence-electron chi connectivity index (χ3n) is 3.53. The number of hydrogen-bond acceptors (Lipinski definition) is 2. The molecule has 2 aromatic rings. The molecule has 0 bridgehead atoms. The Morgan fingerprint density at radius 1 is 1.40 bits per heavy atom. The van der Waals surface area contributed by atoms with Crippen LogP contribution in [0.2, 0.25) is 10.0 Å². The molecule has 6 heteroatoms. The third kappa shape index (κ3) is 2.53.